The standard InChI is InChI=1S/C15H21F2N/c1-10-7-8-13(16)14(15(10)17)12-6-4-2-3-5-11(12)9-18/h7-8,11-12H,2-6,9,18H2,1H3. The van der Waals surface area contributed by atoms with Crippen molar-refractivity contribution in [3.63, 3.8) is 0 Å². The topological polar surface area (TPSA) is 26.0 Å². The third-order valence-corrected chi connectivity index (χ3v) is 4.15. The van der Waals surface area contributed by atoms with Gasteiger partial charge in [0.2, 0.25) is 0 Å². The summed E-state index contributed by atoms with van der Waals surface area (Å²) in [5, 5.41) is 0. The summed E-state index contributed by atoms with van der Waals surface area (Å²) in [5.74, 6) is -0.639. The highest BCUT2D eigenvalue weighted by Gasteiger charge is 2.29. The number of rotatable bonds is 2. The highest BCUT2D eigenvalue weighted by atomic mass is 19.1. The van der Waals surface area contributed by atoms with Crippen LogP contribution in [0.25, 0.3) is 0 Å². The first-order chi connectivity index (χ1) is 8.65. The van der Waals surface area contributed by atoms with Gasteiger partial charge < -0.3 is 5.73 Å². The number of halogens is 2. The fraction of sp³-hybridized carbons (Fsp3) is 0.600. The molecule has 1 aromatic rings. The van der Waals surface area contributed by atoms with Gasteiger partial charge in [-0.05, 0) is 49.8 Å². The molecule has 18 heavy (non-hydrogen) atoms. The number of hydrogen-bond acceptors (Lipinski definition) is 1. The zero-order valence-corrected chi connectivity index (χ0v) is 10.9. The van der Waals surface area contributed by atoms with Crippen molar-refractivity contribution in [2.45, 2.75) is 44.9 Å². The van der Waals surface area contributed by atoms with E-state index in [2.05, 4.69) is 0 Å². The second kappa shape index (κ2) is 5.79. The SMILES string of the molecule is Cc1ccc(F)c(C2CCCCCC2CN)c1F. The Bertz CT molecular complexity index is 417. The molecule has 0 bridgehead atoms. The van der Waals surface area contributed by atoms with E-state index < -0.39 is 5.82 Å². The fourth-order valence-electron chi connectivity index (χ4n) is 3.06. The molecule has 1 aliphatic carbocycles. The molecular weight excluding hydrogens is 232 g/mol. The Labute approximate surface area is 107 Å². The Hall–Kier alpha value is -0.960. The Kier molecular flexibility index (Phi) is 4.33. The molecule has 0 heterocycles. The molecule has 1 nitrogen and oxygen atoms in total. The molecule has 0 aromatic heterocycles. The molecule has 0 radical (unpaired) electrons. The molecule has 0 amide bonds. The summed E-state index contributed by atoms with van der Waals surface area (Å²) >= 11 is 0. The van der Waals surface area contributed by atoms with E-state index in [4.69, 9.17) is 5.73 Å². The Morgan fingerprint density at radius 2 is 1.89 bits per heavy atom. The van der Waals surface area contributed by atoms with Gasteiger partial charge in [0.1, 0.15) is 11.6 Å². The molecule has 2 N–H and O–H groups in total. The van der Waals surface area contributed by atoms with Crippen LogP contribution < -0.4 is 5.73 Å². The summed E-state index contributed by atoms with van der Waals surface area (Å²) in [6, 6.07) is 2.88. The maximum atomic E-state index is 14.2. The van der Waals surface area contributed by atoms with Gasteiger partial charge >= 0.3 is 0 Å². The molecule has 1 aliphatic rings. The molecule has 2 unspecified atom stereocenters. The van der Waals surface area contributed by atoms with E-state index >= 15 is 0 Å². The number of hydrogen-bond donors (Lipinski definition) is 1. The molecular formula is C15H21F2N. The van der Waals surface area contributed by atoms with Crippen molar-refractivity contribution in [2.24, 2.45) is 11.7 Å². The maximum absolute atomic E-state index is 14.2. The molecule has 2 rings (SSSR count). The first-order valence-electron chi connectivity index (χ1n) is 6.79. The maximum Gasteiger partial charge on any atom is 0.132 e. The van der Waals surface area contributed by atoms with E-state index in [0.29, 0.717) is 12.1 Å². The normalized spacial score (nSPS) is 24.9. The zero-order valence-electron chi connectivity index (χ0n) is 10.9. The Morgan fingerprint density at radius 3 is 2.61 bits per heavy atom. The predicted octanol–water partition coefficient (Wildman–Crippen LogP) is 3.90. The lowest BCUT2D eigenvalue weighted by Gasteiger charge is -2.25. The summed E-state index contributed by atoms with van der Waals surface area (Å²) in [7, 11) is 0. The lowest BCUT2D eigenvalue weighted by atomic mass is 9.81. The third kappa shape index (κ3) is 2.56. The van der Waals surface area contributed by atoms with Crippen LogP contribution in [0.4, 0.5) is 8.78 Å². The van der Waals surface area contributed by atoms with Crippen LogP contribution in [0.5, 0.6) is 0 Å². The van der Waals surface area contributed by atoms with E-state index in [1.807, 2.05) is 0 Å². The molecule has 2 atom stereocenters. The van der Waals surface area contributed by atoms with E-state index in [1.165, 1.54) is 12.1 Å². The molecule has 1 fully saturated rings. The van der Waals surface area contributed by atoms with E-state index in [-0.39, 0.29) is 23.2 Å². The molecule has 0 saturated heterocycles. The van der Waals surface area contributed by atoms with Crippen LogP contribution in [0, 0.1) is 24.5 Å². The summed E-state index contributed by atoms with van der Waals surface area (Å²) in [5.41, 5.74) is 6.58. The summed E-state index contributed by atoms with van der Waals surface area (Å²) in [6.07, 6.45) is 5.12. The number of aryl methyl sites for hydroxylation is 1. The van der Waals surface area contributed by atoms with Gasteiger partial charge in [-0.1, -0.05) is 25.3 Å². The van der Waals surface area contributed by atoms with Gasteiger partial charge in [0.05, 0.1) is 0 Å². The van der Waals surface area contributed by atoms with Crippen molar-refractivity contribution in [1.82, 2.24) is 0 Å². The van der Waals surface area contributed by atoms with Gasteiger partial charge in [0, 0.05) is 5.56 Å². The Balaban J connectivity index is 2.41. The lowest BCUT2D eigenvalue weighted by Crippen LogP contribution is -2.23. The molecule has 3 heteroatoms. The summed E-state index contributed by atoms with van der Waals surface area (Å²) in [4.78, 5) is 0. The zero-order chi connectivity index (χ0) is 13.1. The van der Waals surface area contributed by atoms with Gasteiger partial charge in [-0.25, -0.2) is 8.78 Å². The van der Waals surface area contributed by atoms with E-state index in [9.17, 15) is 8.78 Å². The average Bonchev–Trinajstić information content (AvgIpc) is 2.60. The van der Waals surface area contributed by atoms with Gasteiger partial charge in [0.15, 0.2) is 0 Å². The van der Waals surface area contributed by atoms with Crippen LogP contribution in [0.15, 0.2) is 12.1 Å². The van der Waals surface area contributed by atoms with Crippen LogP contribution in [-0.4, -0.2) is 6.54 Å². The van der Waals surface area contributed by atoms with Crippen LogP contribution in [0.1, 0.15) is 49.1 Å². The summed E-state index contributed by atoms with van der Waals surface area (Å²) in [6.45, 7) is 2.20. The van der Waals surface area contributed by atoms with Crippen LogP contribution in [0.3, 0.4) is 0 Å². The van der Waals surface area contributed by atoms with Gasteiger partial charge in [-0.15, -0.1) is 0 Å². The van der Waals surface area contributed by atoms with Crippen LogP contribution >= 0.6 is 0 Å². The minimum Gasteiger partial charge on any atom is -0.330 e. The molecule has 1 aromatic carbocycles. The van der Waals surface area contributed by atoms with Crippen molar-refractivity contribution in [3.8, 4) is 0 Å². The first-order valence-corrected chi connectivity index (χ1v) is 6.79. The van der Waals surface area contributed by atoms with Crippen molar-refractivity contribution >= 4 is 0 Å². The fourth-order valence-corrected chi connectivity index (χ4v) is 3.06. The monoisotopic (exact) mass is 253 g/mol. The third-order valence-electron chi connectivity index (χ3n) is 4.15. The molecule has 1 saturated carbocycles. The highest BCUT2D eigenvalue weighted by molar-refractivity contribution is 5.30. The van der Waals surface area contributed by atoms with Gasteiger partial charge in [-0.2, -0.15) is 0 Å². The quantitative estimate of drug-likeness (QED) is 0.795. The van der Waals surface area contributed by atoms with Crippen molar-refractivity contribution < 1.29 is 8.78 Å². The van der Waals surface area contributed by atoms with Crippen molar-refractivity contribution in [2.75, 3.05) is 6.54 Å². The minimum atomic E-state index is -0.413. The van der Waals surface area contributed by atoms with E-state index in [0.717, 1.165) is 32.1 Å². The first kappa shape index (κ1) is 13.5. The predicted molar refractivity (Wildman–Crippen MR) is 69.5 cm³/mol. The smallest absolute Gasteiger partial charge is 0.132 e. The van der Waals surface area contributed by atoms with Gasteiger partial charge in [0.25, 0.3) is 0 Å². The van der Waals surface area contributed by atoms with Crippen LogP contribution in [0.2, 0.25) is 0 Å². The molecule has 0 aliphatic heterocycles. The Morgan fingerprint density at radius 1 is 1.17 bits per heavy atom. The largest absolute Gasteiger partial charge is 0.330 e. The highest BCUT2D eigenvalue weighted by Crippen LogP contribution is 2.38. The second-order valence-corrected chi connectivity index (χ2v) is 5.33. The molecule has 0 spiro atoms. The lowest BCUT2D eigenvalue weighted by molar-refractivity contribution is 0.381. The van der Waals surface area contributed by atoms with Crippen molar-refractivity contribution in [1.29, 1.82) is 0 Å². The average molecular weight is 253 g/mol. The van der Waals surface area contributed by atoms with E-state index in [1.54, 1.807) is 6.92 Å². The van der Waals surface area contributed by atoms with Crippen LogP contribution in [-0.2, 0) is 0 Å². The number of nitrogens with two attached hydrogens (primary N) is 1. The second-order valence-electron chi connectivity index (χ2n) is 5.33. The summed E-state index contributed by atoms with van der Waals surface area (Å²) < 4.78 is 28.2. The van der Waals surface area contributed by atoms with Crippen molar-refractivity contribution in [3.05, 3.63) is 34.9 Å². The molecule has 100 valence electrons. The minimum absolute atomic E-state index is 0.0580. The van der Waals surface area contributed by atoms with Gasteiger partial charge in [-0.3, -0.25) is 0 Å². The number of benzene rings is 1.